The first kappa shape index (κ1) is 9.54. The number of thioether (sulfide) groups is 1. The highest BCUT2D eigenvalue weighted by Crippen LogP contribution is 2.12. The average Bonchev–Trinajstić information content (AvgIpc) is 2.56. The fourth-order valence-corrected chi connectivity index (χ4v) is 1.37. The second-order valence-electron chi connectivity index (χ2n) is 2.53. The fourth-order valence-electron chi connectivity index (χ4n) is 0.919. The molecule has 0 saturated carbocycles. The zero-order chi connectivity index (χ0) is 8.81. The maximum absolute atomic E-state index is 5.79. The van der Waals surface area contributed by atoms with Crippen LogP contribution < -0.4 is 5.73 Å². The highest BCUT2D eigenvalue weighted by atomic mass is 32.2. The number of nitrogens with two attached hydrogens (primary N) is 1. The minimum absolute atomic E-state index is 0.0732. The summed E-state index contributed by atoms with van der Waals surface area (Å²) in [6.45, 7) is 0. The van der Waals surface area contributed by atoms with Gasteiger partial charge in [-0.15, -0.1) is 0 Å². The van der Waals surface area contributed by atoms with E-state index in [1.807, 2.05) is 11.8 Å². The van der Waals surface area contributed by atoms with Gasteiger partial charge < -0.3 is 10.3 Å². The number of hydrogen-bond donors (Lipinski definition) is 1. The Labute approximate surface area is 75.9 Å². The molecule has 5 heteroatoms. The van der Waals surface area contributed by atoms with Crippen molar-refractivity contribution < 1.29 is 4.52 Å². The summed E-state index contributed by atoms with van der Waals surface area (Å²) in [6.07, 6.45) is 5.40. The van der Waals surface area contributed by atoms with E-state index in [4.69, 9.17) is 5.73 Å². The third-order valence-corrected chi connectivity index (χ3v) is 2.27. The van der Waals surface area contributed by atoms with E-state index >= 15 is 0 Å². The molecule has 0 aliphatic carbocycles. The van der Waals surface area contributed by atoms with E-state index in [2.05, 4.69) is 20.9 Å². The molecule has 1 unspecified atom stereocenters. The van der Waals surface area contributed by atoms with Crippen LogP contribution in [0, 0.1) is 0 Å². The monoisotopic (exact) mass is 187 g/mol. The molecule has 0 aromatic carbocycles. The van der Waals surface area contributed by atoms with Crippen LogP contribution in [0.15, 0.2) is 10.9 Å². The molecule has 0 radical (unpaired) electrons. The average molecular weight is 187 g/mol. The minimum Gasteiger partial charge on any atom is -0.343 e. The molecule has 1 aromatic heterocycles. The first-order valence-electron chi connectivity index (χ1n) is 3.85. The van der Waals surface area contributed by atoms with Crippen LogP contribution in [0.1, 0.15) is 24.7 Å². The molecular formula is C7H13N3OS. The molecule has 4 nitrogen and oxygen atoms in total. The van der Waals surface area contributed by atoms with Crippen molar-refractivity contribution in [2.24, 2.45) is 5.73 Å². The van der Waals surface area contributed by atoms with Gasteiger partial charge in [0.15, 0.2) is 5.82 Å². The first-order chi connectivity index (χ1) is 5.84. The van der Waals surface area contributed by atoms with E-state index in [0.29, 0.717) is 5.82 Å². The normalized spacial score (nSPS) is 13.2. The number of hydrogen-bond acceptors (Lipinski definition) is 5. The van der Waals surface area contributed by atoms with Crippen LogP contribution in [-0.4, -0.2) is 22.1 Å². The Balaban J connectivity index is 2.25. The predicted octanol–water partition coefficient (Wildman–Crippen LogP) is 1.21. The summed E-state index contributed by atoms with van der Waals surface area (Å²) >= 11 is 1.82. The third kappa shape index (κ3) is 2.83. The summed E-state index contributed by atoms with van der Waals surface area (Å²) in [5.74, 6) is 1.74. The van der Waals surface area contributed by atoms with E-state index in [1.165, 1.54) is 6.39 Å². The summed E-state index contributed by atoms with van der Waals surface area (Å²) in [5, 5.41) is 3.68. The summed E-state index contributed by atoms with van der Waals surface area (Å²) in [7, 11) is 0. The molecule has 1 heterocycles. The Kier molecular flexibility index (Phi) is 4.10. The molecule has 1 atom stereocenters. The zero-order valence-corrected chi connectivity index (χ0v) is 7.88. The summed E-state index contributed by atoms with van der Waals surface area (Å²) in [5.41, 5.74) is 5.79. The Morgan fingerprint density at radius 1 is 1.75 bits per heavy atom. The van der Waals surface area contributed by atoms with Crippen LogP contribution in [0.25, 0.3) is 0 Å². The number of rotatable bonds is 5. The molecule has 0 spiro atoms. The van der Waals surface area contributed by atoms with Crippen LogP contribution in [0.2, 0.25) is 0 Å². The zero-order valence-electron chi connectivity index (χ0n) is 7.06. The highest BCUT2D eigenvalue weighted by molar-refractivity contribution is 7.98. The Hall–Kier alpha value is -0.550. The molecule has 0 saturated heterocycles. The van der Waals surface area contributed by atoms with E-state index in [9.17, 15) is 0 Å². The quantitative estimate of drug-likeness (QED) is 0.702. The van der Waals surface area contributed by atoms with Crippen LogP contribution in [0.4, 0.5) is 0 Å². The van der Waals surface area contributed by atoms with Gasteiger partial charge in [0.1, 0.15) is 0 Å². The standard InChI is InChI=1S/C7H13N3OS/c1-12-4-2-3-6(8)7-9-5-11-10-7/h5-6H,2-4,8H2,1H3. The van der Waals surface area contributed by atoms with Gasteiger partial charge in [0.2, 0.25) is 6.39 Å². The van der Waals surface area contributed by atoms with Gasteiger partial charge >= 0.3 is 0 Å². The van der Waals surface area contributed by atoms with E-state index in [1.54, 1.807) is 0 Å². The van der Waals surface area contributed by atoms with Crippen LogP contribution in [-0.2, 0) is 0 Å². The predicted molar refractivity (Wildman–Crippen MR) is 48.8 cm³/mol. The van der Waals surface area contributed by atoms with Crippen molar-refractivity contribution in [3.63, 3.8) is 0 Å². The van der Waals surface area contributed by atoms with Crippen molar-refractivity contribution in [2.75, 3.05) is 12.0 Å². The van der Waals surface area contributed by atoms with Crippen molar-refractivity contribution in [3.8, 4) is 0 Å². The van der Waals surface area contributed by atoms with Gasteiger partial charge in [-0.1, -0.05) is 5.16 Å². The van der Waals surface area contributed by atoms with Crippen molar-refractivity contribution in [1.29, 1.82) is 0 Å². The SMILES string of the molecule is CSCCCC(N)c1ncon1. The van der Waals surface area contributed by atoms with Gasteiger partial charge in [-0.25, -0.2) is 0 Å². The second kappa shape index (κ2) is 5.16. The minimum atomic E-state index is -0.0732. The van der Waals surface area contributed by atoms with Crippen molar-refractivity contribution >= 4 is 11.8 Å². The van der Waals surface area contributed by atoms with Crippen molar-refractivity contribution in [2.45, 2.75) is 18.9 Å². The Morgan fingerprint density at radius 2 is 2.58 bits per heavy atom. The number of aromatic nitrogens is 2. The first-order valence-corrected chi connectivity index (χ1v) is 5.24. The van der Waals surface area contributed by atoms with Gasteiger partial charge in [0, 0.05) is 0 Å². The molecule has 1 rings (SSSR count). The maximum atomic E-state index is 5.79. The third-order valence-electron chi connectivity index (χ3n) is 1.57. The maximum Gasteiger partial charge on any atom is 0.213 e. The molecule has 0 aliphatic heterocycles. The molecule has 2 N–H and O–H groups in total. The lowest BCUT2D eigenvalue weighted by molar-refractivity contribution is 0.402. The Morgan fingerprint density at radius 3 is 3.17 bits per heavy atom. The fraction of sp³-hybridized carbons (Fsp3) is 0.714. The smallest absolute Gasteiger partial charge is 0.213 e. The number of nitrogens with zero attached hydrogens (tertiary/aromatic N) is 2. The second-order valence-corrected chi connectivity index (χ2v) is 3.52. The molecule has 0 aliphatic rings. The molecule has 0 bridgehead atoms. The largest absolute Gasteiger partial charge is 0.343 e. The van der Waals surface area contributed by atoms with Crippen LogP contribution in [0.3, 0.4) is 0 Å². The highest BCUT2D eigenvalue weighted by Gasteiger charge is 2.09. The van der Waals surface area contributed by atoms with Crippen LogP contribution in [0.5, 0.6) is 0 Å². The van der Waals surface area contributed by atoms with Crippen molar-refractivity contribution in [1.82, 2.24) is 10.1 Å². The van der Waals surface area contributed by atoms with Gasteiger partial charge in [-0.3, -0.25) is 0 Å². The molecule has 1 aromatic rings. The van der Waals surface area contributed by atoms with Gasteiger partial charge in [0.05, 0.1) is 6.04 Å². The summed E-state index contributed by atoms with van der Waals surface area (Å²) in [6, 6.07) is -0.0732. The van der Waals surface area contributed by atoms with Gasteiger partial charge in [-0.05, 0) is 24.9 Å². The topological polar surface area (TPSA) is 64.9 Å². The molecule has 12 heavy (non-hydrogen) atoms. The van der Waals surface area contributed by atoms with Crippen LogP contribution >= 0.6 is 11.8 Å². The summed E-state index contributed by atoms with van der Waals surface area (Å²) < 4.78 is 4.60. The molecule has 0 fully saturated rings. The lowest BCUT2D eigenvalue weighted by Gasteiger charge is -2.04. The lowest BCUT2D eigenvalue weighted by Crippen LogP contribution is -2.12. The molecular weight excluding hydrogens is 174 g/mol. The van der Waals surface area contributed by atoms with Gasteiger partial charge in [0.25, 0.3) is 0 Å². The summed E-state index contributed by atoms with van der Waals surface area (Å²) in [4.78, 5) is 3.89. The van der Waals surface area contributed by atoms with Crippen molar-refractivity contribution in [3.05, 3.63) is 12.2 Å². The van der Waals surface area contributed by atoms with E-state index < -0.39 is 0 Å². The van der Waals surface area contributed by atoms with E-state index in [0.717, 1.165) is 18.6 Å². The van der Waals surface area contributed by atoms with E-state index in [-0.39, 0.29) is 6.04 Å². The lowest BCUT2D eigenvalue weighted by atomic mass is 10.2. The molecule has 0 amide bonds. The molecule has 68 valence electrons. The Bertz CT molecular complexity index is 202. The van der Waals surface area contributed by atoms with Gasteiger partial charge in [-0.2, -0.15) is 16.7 Å².